The van der Waals surface area contributed by atoms with Crippen LogP contribution in [0.3, 0.4) is 0 Å². The molecule has 4 rings (SSSR count). The topological polar surface area (TPSA) is 55.2 Å². The van der Waals surface area contributed by atoms with E-state index in [2.05, 4.69) is 17.1 Å². The third-order valence-electron chi connectivity index (χ3n) is 5.05. The molecule has 0 fully saturated rings. The summed E-state index contributed by atoms with van der Waals surface area (Å²) < 4.78 is 1.45. The molecule has 0 N–H and O–H groups in total. The number of carbonyl (C=O) groups excluding carboxylic acids is 1. The fourth-order valence-electron chi connectivity index (χ4n) is 3.51. The minimum atomic E-state index is -0.202. The SMILES string of the molecule is Cc1nc(-c2ccccc2)cc(=O)n1CC(=O)N1CCc2ccccc2C1. The zero-order chi connectivity index (χ0) is 18.8. The molecule has 0 atom stereocenters. The molecule has 1 amide bonds. The first-order valence-corrected chi connectivity index (χ1v) is 9.10. The number of nitrogens with zero attached hydrogens (tertiary/aromatic N) is 3. The zero-order valence-corrected chi connectivity index (χ0v) is 15.3. The monoisotopic (exact) mass is 359 g/mol. The first-order valence-electron chi connectivity index (χ1n) is 9.10. The summed E-state index contributed by atoms with van der Waals surface area (Å²) in [5, 5.41) is 0. The highest BCUT2D eigenvalue weighted by Crippen LogP contribution is 2.19. The summed E-state index contributed by atoms with van der Waals surface area (Å²) in [7, 11) is 0. The van der Waals surface area contributed by atoms with E-state index in [0.717, 1.165) is 12.0 Å². The van der Waals surface area contributed by atoms with Crippen molar-refractivity contribution >= 4 is 5.91 Å². The van der Waals surface area contributed by atoms with E-state index in [9.17, 15) is 9.59 Å². The molecule has 1 aliphatic heterocycles. The Morgan fingerprint density at radius 3 is 2.48 bits per heavy atom. The lowest BCUT2D eigenvalue weighted by Gasteiger charge is -2.29. The summed E-state index contributed by atoms with van der Waals surface area (Å²) in [5.74, 6) is 0.496. The number of aromatic nitrogens is 2. The Bertz CT molecular complexity index is 1040. The van der Waals surface area contributed by atoms with Crippen molar-refractivity contribution in [2.24, 2.45) is 0 Å². The molecule has 1 aromatic heterocycles. The second-order valence-electron chi connectivity index (χ2n) is 6.81. The van der Waals surface area contributed by atoms with Crippen LogP contribution in [0.1, 0.15) is 17.0 Å². The van der Waals surface area contributed by atoms with Crippen LogP contribution in [-0.2, 0) is 24.3 Å². The molecule has 2 heterocycles. The lowest BCUT2D eigenvalue weighted by Crippen LogP contribution is -2.40. The molecular weight excluding hydrogens is 338 g/mol. The average molecular weight is 359 g/mol. The highest BCUT2D eigenvalue weighted by molar-refractivity contribution is 5.76. The molecule has 0 saturated carbocycles. The Balaban J connectivity index is 1.55. The van der Waals surface area contributed by atoms with Crippen LogP contribution in [0, 0.1) is 6.92 Å². The molecule has 27 heavy (non-hydrogen) atoms. The van der Waals surface area contributed by atoms with Gasteiger partial charge in [0, 0.05) is 24.7 Å². The highest BCUT2D eigenvalue weighted by Gasteiger charge is 2.21. The van der Waals surface area contributed by atoms with Gasteiger partial charge in [-0.1, -0.05) is 54.6 Å². The molecule has 3 aromatic rings. The quantitative estimate of drug-likeness (QED) is 0.723. The predicted octanol–water partition coefficient (Wildman–Crippen LogP) is 2.80. The normalized spacial score (nSPS) is 13.3. The maximum absolute atomic E-state index is 12.8. The predicted molar refractivity (Wildman–Crippen MR) is 104 cm³/mol. The number of amides is 1. The smallest absolute Gasteiger partial charge is 0.254 e. The van der Waals surface area contributed by atoms with Gasteiger partial charge in [-0.3, -0.25) is 14.2 Å². The van der Waals surface area contributed by atoms with Crippen molar-refractivity contribution in [1.82, 2.24) is 14.5 Å². The molecule has 1 aliphatic rings. The van der Waals surface area contributed by atoms with Gasteiger partial charge in [0.05, 0.1) is 5.69 Å². The molecule has 5 heteroatoms. The maximum Gasteiger partial charge on any atom is 0.254 e. The van der Waals surface area contributed by atoms with E-state index in [-0.39, 0.29) is 18.0 Å². The van der Waals surface area contributed by atoms with Crippen LogP contribution in [0.15, 0.2) is 65.5 Å². The van der Waals surface area contributed by atoms with E-state index in [1.165, 1.54) is 21.8 Å². The third-order valence-corrected chi connectivity index (χ3v) is 5.05. The number of fused-ring (bicyclic) bond motifs is 1. The molecule has 0 saturated heterocycles. The van der Waals surface area contributed by atoms with Gasteiger partial charge in [0.1, 0.15) is 12.4 Å². The minimum absolute atomic E-state index is 0.0227. The van der Waals surface area contributed by atoms with Crippen molar-refractivity contribution in [2.75, 3.05) is 6.54 Å². The first-order chi connectivity index (χ1) is 13.1. The second-order valence-corrected chi connectivity index (χ2v) is 6.81. The van der Waals surface area contributed by atoms with E-state index in [1.807, 2.05) is 47.4 Å². The summed E-state index contributed by atoms with van der Waals surface area (Å²) in [6, 6.07) is 19.3. The van der Waals surface area contributed by atoms with Crippen LogP contribution in [0.2, 0.25) is 0 Å². The summed E-state index contributed by atoms with van der Waals surface area (Å²) in [6.07, 6.45) is 0.848. The Labute approximate surface area is 157 Å². The molecular formula is C22H21N3O2. The van der Waals surface area contributed by atoms with Crippen molar-refractivity contribution in [3.05, 3.63) is 88.0 Å². The molecule has 0 bridgehead atoms. The molecule has 0 unspecified atom stereocenters. The van der Waals surface area contributed by atoms with Crippen LogP contribution in [0.4, 0.5) is 0 Å². The van der Waals surface area contributed by atoms with Crippen LogP contribution in [-0.4, -0.2) is 26.9 Å². The van der Waals surface area contributed by atoms with Gasteiger partial charge in [-0.15, -0.1) is 0 Å². The third kappa shape index (κ3) is 3.53. The molecule has 0 aliphatic carbocycles. The standard InChI is InChI=1S/C22H21N3O2/c1-16-23-20(18-8-3-2-4-9-18)13-21(26)25(16)15-22(27)24-12-11-17-7-5-6-10-19(17)14-24/h2-10,13H,11-12,14-15H2,1H3. The number of carbonyl (C=O) groups is 1. The van der Waals surface area contributed by atoms with Crippen molar-refractivity contribution in [2.45, 2.75) is 26.4 Å². The van der Waals surface area contributed by atoms with Gasteiger partial charge in [-0.25, -0.2) is 4.98 Å². The number of hydrogen-bond acceptors (Lipinski definition) is 3. The van der Waals surface area contributed by atoms with Crippen molar-refractivity contribution in [1.29, 1.82) is 0 Å². The van der Waals surface area contributed by atoms with Gasteiger partial charge in [0.2, 0.25) is 5.91 Å². The van der Waals surface area contributed by atoms with Gasteiger partial charge >= 0.3 is 0 Å². The average Bonchev–Trinajstić information content (AvgIpc) is 2.70. The molecule has 136 valence electrons. The molecule has 2 aromatic carbocycles. The zero-order valence-electron chi connectivity index (χ0n) is 15.3. The maximum atomic E-state index is 12.8. The van der Waals surface area contributed by atoms with Gasteiger partial charge in [-0.2, -0.15) is 0 Å². The van der Waals surface area contributed by atoms with Crippen molar-refractivity contribution in [3.8, 4) is 11.3 Å². The van der Waals surface area contributed by atoms with Gasteiger partial charge in [0.25, 0.3) is 5.56 Å². The summed E-state index contributed by atoms with van der Waals surface area (Å²) >= 11 is 0. The van der Waals surface area contributed by atoms with Gasteiger partial charge in [-0.05, 0) is 24.5 Å². The first kappa shape index (κ1) is 17.2. The van der Waals surface area contributed by atoms with Gasteiger partial charge in [0.15, 0.2) is 0 Å². The van der Waals surface area contributed by atoms with Crippen molar-refractivity contribution in [3.63, 3.8) is 0 Å². The molecule has 0 radical (unpaired) electrons. The van der Waals surface area contributed by atoms with E-state index in [4.69, 9.17) is 0 Å². The number of rotatable bonds is 3. The number of benzene rings is 2. The van der Waals surface area contributed by atoms with Crippen molar-refractivity contribution < 1.29 is 4.79 Å². The van der Waals surface area contributed by atoms with Crippen LogP contribution in [0.5, 0.6) is 0 Å². The van der Waals surface area contributed by atoms with E-state index in [1.54, 1.807) is 6.92 Å². The van der Waals surface area contributed by atoms with Crippen LogP contribution in [0.25, 0.3) is 11.3 Å². The Kier molecular flexibility index (Phi) is 4.59. The summed E-state index contributed by atoms with van der Waals surface area (Å²) in [5.41, 5.74) is 3.80. The molecule has 5 nitrogen and oxygen atoms in total. The lowest BCUT2D eigenvalue weighted by molar-refractivity contribution is -0.132. The minimum Gasteiger partial charge on any atom is -0.336 e. The molecule has 0 spiro atoms. The number of hydrogen-bond donors (Lipinski definition) is 0. The fourth-order valence-corrected chi connectivity index (χ4v) is 3.51. The summed E-state index contributed by atoms with van der Waals surface area (Å²) in [4.78, 5) is 31.7. The Hall–Kier alpha value is -3.21. The number of aryl methyl sites for hydroxylation is 1. The van der Waals surface area contributed by atoms with Crippen LogP contribution < -0.4 is 5.56 Å². The van der Waals surface area contributed by atoms with E-state index >= 15 is 0 Å². The van der Waals surface area contributed by atoms with E-state index in [0.29, 0.717) is 24.6 Å². The van der Waals surface area contributed by atoms with Gasteiger partial charge < -0.3 is 4.90 Å². The largest absolute Gasteiger partial charge is 0.336 e. The summed E-state index contributed by atoms with van der Waals surface area (Å²) in [6.45, 7) is 3.07. The Morgan fingerprint density at radius 1 is 1.04 bits per heavy atom. The highest BCUT2D eigenvalue weighted by atomic mass is 16.2. The lowest BCUT2D eigenvalue weighted by atomic mass is 10.00. The Morgan fingerprint density at radius 2 is 1.74 bits per heavy atom. The van der Waals surface area contributed by atoms with Crippen LogP contribution >= 0.6 is 0 Å². The second kappa shape index (κ2) is 7.19. The fraction of sp³-hybridized carbons (Fsp3) is 0.227. The van der Waals surface area contributed by atoms with E-state index < -0.39 is 0 Å².